The average molecular weight is 543 g/mol. The van der Waals surface area contributed by atoms with E-state index in [0.717, 1.165) is 65.4 Å². The second-order valence-corrected chi connectivity index (χ2v) is 11.4. The number of aromatic amines is 1. The maximum Gasteiger partial charge on any atom is 1.00 e. The molecule has 2 aliphatic rings. The number of aliphatic hydroxyl groups is 1. The second-order valence-electron chi connectivity index (χ2n) is 11.4. The first-order valence-electron chi connectivity index (χ1n) is 13.5. The largest absolute Gasteiger partial charge is 1.00 e. The average Bonchev–Trinajstić information content (AvgIpc) is 3.60. The van der Waals surface area contributed by atoms with Gasteiger partial charge >= 0.3 is 35.5 Å². The number of hydrogen-bond donors (Lipinski definition) is 5. The smallest absolute Gasteiger partial charge is 0.490 e. The van der Waals surface area contributed by atoms with E-state index in [4.69, 9.17) is 9.84 Å². The van der Waals surface area contributed by atoms with Crippen molar-refractivity contribution in [3.8, 4) is 5.75 Å². The third-order valence-corrected chi connectivity index (χ3v) is 8.02. The number of carbonyl (C=O) groups excluding carboxylic acids is 1. The number of H-pyrrole nitrogens is 1. The first-order chi connectivity index (χ1) is 18.2. The van der Waals surface area contributed by atoms with E-state index in [2.05, 4.69) is 35.5 Å². The van der Waals surface area contributed by atoms with E-state index in [9.17, 15) is 14.7 Å². The number of aliphatic carboxylic acids is 1. The van der Waals surface area contributed by atoms with Crippen LogP contribution in [0.1, 0.15) is 62.6 Å². The molecule has 0 bridgehead atoms. The Morgan fingerprint density at radius 1 is 1.15 bits per heavy atom. The molecule has 3 aromatic rings. The minimum absolute atomic E-state index is 0. The fourth-order valence-corrected chi connectivity index (χ4v) is 6.11. The monoisotopic (exact) mass is 542 g/mol. The number of para-hydroxylation sites is 1. The standard InChI is InChI=1S/C30H37N3O5.Na/c1-29(2,15-20-16-31-27-19(11-12-25(35)36)7-5-8-22(20)27)32-17-21(34)18-38-24-10-6-9-23-26(24)30(28(37)33-23)13-3-4-14-30;/h5-10,16,21,31-32,34H,3-4,11-15,17-18H2,1-2H3,(H,33,37)(H,35,36);/q;+1/t21-;/m0./s1. The van der Waals surface area contributed by atoms with E-state index < -0.39 is 17.5 Å². The second kappa shape index (κ2) is 12.0. The third kappa shape index (κ3) is 6.20. The molecule has 1 spiro atoms. The molecule has 1 atom stereocenters. The summed E-state index contributed by atoms with van der Waals surface area (Å²) in [6.45, 7) is 4.68. The molecule has 9 heteroatoms. The third-order valence-electron chi connectivity index (χ3n) is 8.02. The van der Waals surface area contributed by atoms with Gasteiger partial charge in [0.1, 0.15) is 18.5 Å². The van der Waals surface area contributed by atoms with Crippen LogP contribution in [0.3, 0.4) is 0 Å². The Bertz CT molecular complexity index is 1350. The molecule has 5 N–H and O–H groups in total. The van der Waals surface area contributed by atoms with Crippen LogP contribution in [-0.4, -0.2) is 51.9 Å². The van der Waals surface area contributed by atoms with E-state index in [1.807, 2.05) is 36.5 Å². The molecule has 1 aliphatic heterocycles. The molecule has 1 saturated carbocycles. The summed E-state index contributed by atoms with van der Waals surface area (Å²) in [5.74, 6) is -0.0589. The number of carbonyl (C=O) groups is 2. The molecule has 2 heterocycles. The van der Waals surface area contributed by atoms with Crippen molar-refractivity contribution in [1.82, 2.24) is 10.3 Å². The van der Waals surface area contributed by atoms with Gasteiger partial charge in [-0.05, 0) is 62.8 Å². The van der Waals surface area contributed by atoms with E-state index in [-0.39, 0.29) is 54.0 Å². The molecule has 0 unspecified atom stereocenters. The van der Waals surface area contributed by atoms with E-state index in [1.165, 1.54) is 0 Å². The summed E-state index contributed by atoms with van der Waals surface area (Å²) in [5, 5.41) is 27.4. The van der Waals surface area contributed by atoms with Gasteiger partial charge in [-0.3, -0.25) is 9.59 Å². The summed E-state index contributed by atoms with van der Waals surface area (Å²) in [6.07, 6.45) is 6.30. The van der Waals surface area contributed by atoms with Gasteiger partial charge in [-0.1, -0.05) is 37.1 Å². The summed E-state index contributed by atoms with van der Waals surface area (Å²) >= 11 is 0. The maximum absolute atomic E-state index is 12.8. The van der Waals surface area contributed by atoms with Crippen molar-refractivity contribution in [2.24, 2.45) is 0 Å². The van der Waals surface area contributed by atoms with Crippen LogP contribution in [0.15, 0.2) is 42.6 Å². The van der Waals surface area contributed by atoms with Crippen LogP contribution in [0.25, 0.3) is 10.9 Å². The van der Waals surface area contributed by atoms with Crippen LogP contribution in [0.5, 0.6) is 5.75 Å². The SMILES string of the molecule is CC(C)(Cc1c[nH]c2c(CCC(=O)O)cccc12)NC[C@H](O)COc1cccc2c1C1(CCCC1)C(=O)N2.[Na+]. The molecule has 0 saturated heterocycles. The minimum atomic E-state index is -0.804. The quantitative estimate of drug-likeness (QED) is 0.233. The van der Waals surface area contributed by atoms with Gasteiger partial charge in [0, 0.05) is 46.9 Å². The molecule has 202 valence electrons. The summed E-state index contributed by atoms with van der Waals surface area (Å²) in [7, 11) is 0. The van der Waals surface area contributed by atoms with Gasteiger partial charge in [0.2, 0.25) is 5.91 Å². The molecule has 1 aromatic heterocycles. The zero-order valence-corrected chi connectivity index (χ0v) is 25.1. The fourth-order valence-electron chi connectivity index (χ4n) is 6.11. The summed E-state index contributed by atoms with van der Waals surface area (Å²) in [6, 6.07) is 11.7. The fraction of sp³-hybridized carbons (Fsp3) is 0.467. The summed E-state index contributed by atoms with van der Waals surface area (Å²) in [4.78, 5) is 27.1. The van der Waals surface area contributed by atoms with Gasteiger partial charge in [0.25, 0.3) is 0 Å². The van der Waals surface area contributed by atoms with Gasteiger partial charge in [-0.15, -0.1) is 0 Å². The number of aryl methyl sites for hydroxylation is 1. The number of carboxylic acid groups (broad SMARTS) is 1. The van der Waals surface area contributed by atoms with Crippen molar-refractivity contribution in [2.75, 3.05) is 18.5 Å². The molecular weight excluding hydrogens is 505 g/mol. The number of carboxylic acids is 1. The zero-order valence-electron chi connectivity index (χ0n) is 23.1. The number of nitrogens with one attached hydrogen (secondary N) is 3. The van der Waals surface area contributed by atoms with Crippen LogP contribution >= 0.6 is 0 Å². The number of fused-ring (bicyclic) bond motifs is 3. The number of aromatic nitrogens is 1. The van der Waals surface area contributed by atoms with Crippen molar-refractivity contribution < 1.29 is 54.1 Å². The Balaban J connectivity index is 0.00000353. The Kier molecular flexibility index (Phi) is 9.13. The Morgan fingerprint density at radius 2 is 1.90 bits per heavy atom. The normalized spacial score (nSPS) is 16.6. The van der Waals surface area contributed by atoms with Crippen molar-refractivity contribution in [2.45, 2.75) is 75.9 Å². The van der Waals surface area contributed by atoms with Gasteiger partial charge in [0.05, 0.1) is 5.41 Å². The minimum Gasteiger partial charge on any atom is -0.490 e. The topological polar surface area (TPSA) is 124 Å². The Morgan fingerprint density at radius 3 is 2.64 bits per heavy atom. The number of β-amino-alcohol motifs (C(OH)–C–C–N with tert-alkyl or cyclic N) is 1. The number of hydrogen-bond acceptors (Lipinski definition) is 5. The zero-order chi connectivity index (χ0) is 26.9. The Hall–Kier alpha value is -2.36. The molecule has 1 aliphatic carbocycles. The van der Waals surface area contributed by atoms with Crippen LogP contribution in [0.2, 0.25) is 0 Å². The molecule has 5 rings (SSSR count). The number of aliphatic hydroxyl groups excluding tert-OH is 1. The molecule has 2 aromatic carbocycles. The van der Waals surface area contributed by atoms with Crippen LogP contribution in [0.4, 0.5) is 5.69 Å². The molecule has 8 nitrogen and oxygen atoms in total. The number of amides is 1. The Labute approximate surface area is 251 Å². The van der Waals surface area contributed by atoms with Crippen molar-refractivity contribution >= 4 is 28.5 Å². The summed E-state index contributed by atoms with van der Waals surface area (Å²) in [5.41, 5.74) is 4.10. The molecular formula is C30H37N3NaO5+. The molecule has 39 heavy (non-hydrogen) atoms. The number of benzene rings is 2. The van der Waals surface area contributed by atoms with Crippen molar-refractivity contribution in [3.05, 3.63) is 59.3 Å². The van der Waals surface area contributed by atoms with Crippen LogP contribution in [-0.2, 0) is 27.8 Å². The predicted octanol–water partition coefficient (Wildman–Crippen LogP) is 1.30. The molecule has 1 amide bonds. The summed E-state index contributed by atoms with van der Waals surface area (Å²) < 4.78 is 6.10. The first kappa shape index (κ1) is 29.6. The molecule has 1 fully saturated rings. The predicted molar refractivity (Wildman–Crippen MR) is 147 cm³/mol. The van der Waals surface area contributed by atoms with Crippen LogP contribution in [0, 0.1) is 0 Å². The van der Waals surface area contributed by atoms with E-state index >= 15 is 0 Å². The van der Waals surface area contributed by atoms with Crippen molar-refractivity contribution in [3.63, 3.8) is 0 Å². The molecule has 0 radical (unpaired) electrons. The van der Waals surface area contributed by atoms with Crippen LogP contribution < -0.4 is 44.9 Å². The van der Waals surface area contributed by atoms with Gasteiger partial charge in [0.15, 0.2) is 0 Å². The first-order valence-corrected chi connectivity index (χ1v) is 13.5. The van der Waals surface area contributed by atoms with Gasteiger partial charge in [-0.2, -0.15) is 0 Å². The van der Waals surface area contributed by atoms with E-state index in [0.29, 0.717) is 18.7 Å². The van der Waals surface area contributed by atoms with E-state index in [1.54, 1.807) is 0 Å². The maximum atomic E-state index is 12.8. The number of anilines is 1. The number of ether oxygens (including phenoxy) is 1. The van der Waals surface area contributed by atoms with Gasteiger partial charge in [-0.25, -0.2) is 0 Å². The van der Waals surface area contributed by atoms with Gasteiger partial charge < -0.3 is 30.6 Å². The number of rotatable bonds is 11. The van der Waals surface area contributed by atoms with Crippen molar-refractivity contribution in [1.29, 1.82) is 0 Å².